The molecule has 0 aliphatic carbocycles. The molecule has 2 aliphatic heterocycles. The van der Waals surface area contributed by atoms with Crippen molar-refractivity contribution in [2.75, 3.05) is 7.11 Å². The van der Waals surface area contributed by atoms with Crippen LogP contribution in [0.25, 0.3) is 0 Å². The first-order valence-corrected chi connectivity index (χ1v) is 7.16. The lowest BCUT2D eigenvalue weighted by Gasteiger charge is -2.36. The highest BCUT2D eigenvalue weighted by Gasteiger charge is 2.44. The van der Waals surface area contributed by atoms with Gasteiger partial charge in [0.1, 0.15) is 5.75 Å². The van der Waals surface area contributed by atoms with E-state index in [1.165, 1.54) is 12.8 Å². The summed E-state index contributed by atoms with van der Waals surface area (Å²) in [5, 5.41) is 12.2. The van der Waals surface area contributed by atoms with Crippen LogP contribution in [-0.4, -0.2) is 22.7 Å². The highest BCUT2D eigenvalue weighted by Crippen LogP contribution is 2.51. The second-order valence-electron chi connectivity index (χ2n) is 5.13. The lowest BCUT2D eigenvalue weighted by Crippen LogP contribution is -2.34. The zero-order valence-corrected chi connectivity index (χ0v) is 10.9. The molecule has 2 heterocycles. The highest BCUT2D eigenvalue weighted by atomic mass is 32.2. The minimum atomic E-state index is -0.633. The van der Waals surface area contributed by atoms with Crippen LogP contribution in [0.5, 0.6) is 5.75 Å². The maximum absolute atomic E-state index is 10.9. The molecule has 0 spiro atoms. The van der Waals surface area contributed by atoms with E-state index in [1.807, 2.05) is 24.3 Å². The molecule has 2 aliphatic rings. The van der Waals surface area contributed by atoms with Gasteiger partial charge in [0.15, 0.2) is 0 Å². The van der Waals surface area contributed by atoms with E-state index in [-0.39, 0.29) is 0 Å². The molecule has 0 saturated carbocycles. The van der Waals surface area contributed by atoms with E-state index in [0.717, 1.165) is 24.2 Å². The molecule has 3 heteroatoms. The second kappa shape index (κ2) is 4.21. The van der Waals surface area contributed by atoms with Crippen molar-refractivity contribution in [1.29, 1.82) is 0 Å². The molecule has 2 unspecified atom stereocenters. The third kappa shape index (κ3) is 2.06. The Balaban J connectivity index is 1.91. The summed E-state index contributed by atoms with van der Waals surface area (Å²) in [5.74, 6) is 0.835. The monoisotopic (exact) mass is 250 g/mol. The quantitative estimate of drug-likeness (QED) is 0.875. The van der Waals surface area contributed by atoms with E-state index in [9.17, 15) is 5.11 Å². The van der Waals surface area contributed by atoms with Crippen molar-refractivity contribution in [3.05, 3.63) is 29.8 Å². The number of methoxy groups -OCH3 is 1. The Kier molecular flexibility index (Phi) is 2.83. The Labute approximate surface area is 106 Å². The minimum absolute atomic E-state index is 0.633. The van der Waals surface area contributed by atoms with Gasteiger partial charge < -0.3 is 9.84 Å². The Hall–Kier alpha value is -0.670. The van der Waals surface area contributed by atoms with Gasteiger partial charge in [0.25, 0.3) is 0 Å². The highest BCUT2D eigenvalue weighted by molar-refractivity contribution is 8.00. The van der Waals surface area contributed by atoms with Gasteiger partial charge in [-0.2, -0.15) is 11.8 Å². The van der Waals surface area contributed by atoms with E-state index >= 15 is 0 Å². The molecule has 0 amide bonds. The molecule has 2 atom stereocenters. The Morgan fingerprint density at radius 2 is 2.00 bits per heavy atom. The van der Waals surface area contributed by atoms with Crippen molar-refractivity contribution in [1.82, 2.24) is 0 Å². The summed E-state index contributed by atoms with van der Waals surface area (Å²) in [4.78, 5) is 0. The molecule has 3 rings (SSSR count). The molecule has 2 saturated heterocycles. The SMILES string of the molecule is COc1cccc(C2(O)CC3CCC(C2)S3)c1. The Morgan fingerprint density at radius 3 is 2.65 bits per heavy atom. The van der Waals surface area contributed by atoms with E-state index in [4.69, 9.17) is 4.74 Å². The van der Waals surface area contributed by atoms with Crippen molar-refractivity contribution >= 4 is 11.8 Å². The number of thioether (sulfide) groups is 1. The van der Waals surface area contributed by atoms with E-state index in [1.54, 1.807) is 7.11 Å². The predicted molar refractivity (Wildman–Crippen MR) is 70.5 cm³/mol. The normalized spacial score (nSPS) is 35.9. The first-order chi connectivity index (χ1) is 8.19. The molecule has 1 N–H and O–H groups in total. The first-order valence-electron chi connectivity index (χ1n) is 6.22. The van der Waals surface area contributed by atoms with Gasteiger partial charge in [-0.1, -0.05) is 12.1 Å². The van der Waals surface area contributed by atoms with Crippen LogP contribution < -0.4 is 4.74 Å². The predicted octanol–water partition coefficient (Wildman–Crippen LogP) is 2.94. The van der Waals surface area contributed by atoms with Crippen molar-refractivity contribution in [2.45, 2.75) is 41.8 Å². The van der Waals surface area contributed by atoms with Gasteiger partial charge in [0, 0.05) is 10.5 Å². The van der Waals surface area contributed by atoms with Crippen LogP contribution in [-0.2, 0) is 5.60 Å². The van der Waals surface area contributed by atoms with Crippen molar-refractivity contribution < 1.29 is 9.84 Å². The summed E-state index contributed by atoms with van der Waals surface area (Å²) in [5.41, 5.74) is 0.389. The molecule has 92 valence electrons. The third-order valence-corrected chi connectivity index (χ3v) is 5.51. The summed E-state index contributed by atoms with van der Waals surface area (Å²) in [6, 6.07) is 7.90. The molecular weight excluding hydrogens is 232 g/mol. The zero-order chi connectivity index (χ0) is 11.9. The number of benzene rings is 1. The van der Waals surface area contributed by atoms with Crippen LogP contribution in [0, 0.1) is 0 Å². The molecule has 2 fully saturated rings. The van der Waals surface area contributed by atoms with Crippen molar-refractivity contribution in [3.63, 3.8) is 0 Å². The molecule has 1 aromatic rings. The second-order valence-corrected chi connectivity index (χ2v) is 6.73. The maximum atomic E-state index is 10.9. The molecule has 0 aromatic heterocycles. The zero-order valence-electron chi connectivity index (χ0n) is 10.1. The molecule has 17 heavy (non-hydrogen) atoms. The Morgan fingerprint density at radius 1 is 1.29 bits per heavy atom. The fourth-order valence-electron chi connectivity index (χ4n) is 3.07. The summed E-state index contributed by atoms with van der Waals surface area (Å²) in [7, 11) is 1.67. The standard InChI is InChI=1S/C14H18O2S/c1-16-11-4-2-3-10(7-11)14(15)8-12-5-6-13(9-14)17-12/h2-4,7,12-13,15H,5-6,8-9H2,1H3. The van der Waals surface area contributed by atoms with Gasteiger partial charge in [-0.05, 0) is 43.4 Å². The number of ether oxygens (including phenoxy) is 1. The topological polar surface area (TPSA) is 29.5 Å². The summed E-state index contributed by atoms with van der Waals surface area (Å²) >= 11 is 2.07. The van der Waals surface area contributed by atoms with Gasteiger partial charge in [0.05, 0.1) is 12.7 Å². The van der Waals surface area contributed by atoms with Crippen LogP contribution in [0.2, 0.25) is 0 Å². The molecule has 2 bridgehead atoms. The number of hydrogen-bond acceptors (Lipinski definition) is 3. The largest absolute Gasteiger partial charge is 0.497 e. The van der Waals surface area contributed by atoms with E-state index in [2.05, 4.69) is 11.8 Å². The molecule has 0 radical (unpaired) electrons. The number of aliphatic hydroxyl groups is 1. The maximum Gasteiger partial charge on any atom is 0.119 e. The molecular formula is C14H18O2S. The average Bonchev–Trinajstić information content (AvgIpc) is 2.69. The van der Waals surface area contributed by atoms with Crippen LogP contribution in [0.3, 0.4) is 0 Å². The van der Waals surface area contributed by atoms with E-state index < -0.39 is 5.60 Å². The van der Waals surface area contributed by atoms with Crippen LogP contribution in [0.4, 0.5) is 0 Å². The molecule has 1 aromatic carbocycles. The van der Waals surface area contributed by atoms with Crippen molar-refractivity contribution in [3.8, 4) is 5.75 Å². The number of fused-ring (bicyclic) bond motifs is 2. The van der Waals surface area contributed by atoms with Gasteiger partial charge >= 0.3 is 0 Å². The fraction of sp³-hybridized carbons (Fsp3) is 0.571. The fourth-order valence-corrected chi connectivity index (χ4v) is 4.90. The number of hydrogen-bond donors (Lipinski definition) is 1. The lowest BCUT2D eigenvalue weighted by atomic mass is 9.86. The average molecular weight is 250 g/mol. The lowest BCUT2D eigenvalue weighted by molar-refractivity contribution is 0.0194. The number of rotatable bonds is 2. The Bertz CT molecular complexity index is 406. The minimum Gasteiger partial charge on any atom is -0.497 e. The van der Waals surface area contributed by atoms with Crippen molar-refractivity contribution in [2.24, 2.45) is 0 Å². The van der Waals surface area contributed by atoms with Crippen LogP contribution in [0.15, 0.2) is 24.3 Å². The summed E-state index contributed by atoms with van der Waals surface area (Å²) in [6.07, 6.45) is 4.31. The van der Waals surface area contributed by atoms with E-state index in [0.29, 0.717) is 10.5 Å². The van der Waals surface area contributed by atoms with Crippen LogP contribution >= 0.6 is 11.8 Å². The molecule has 2 nitrogen and oxygen atoms in total. The van der Waals surface area contributed by atoms with Gasteiger partial charge in [-0.25, -0.2) is 0 Å². The summed E-state index contributed by atoms with van der Waals surface area (Å²) < 4.78 is 5.24. The van der Waals surface area contributed by atoms with Gasteiger partial charge in [-0.15, -0.1) is 0 Å². The smallest absolute Gasteiger partial charge is 0.119 e. The first kappa shape index (κ1) is 11.4. The van der Waals surface area contributed by atoms with Gasteiger partial charge in [-0.3, -0.25) is 0 Å². The van der Waals surface area contributed by atoms with Gasteiger partial charge in [0.2, 0.25) is 0 Å². The third-order valence-electron chi connectivity index (χ3n) is 3.93. The summed E-state index contributed by atoms with van der Waals surface area (Å²) in [6.45, 7) is 0. The van der Waals surface area contributed by atoms with Crippen LogP contribution in [0.1, 0.15) is 31.2 Å².